The molecule has 2 N–H and O–H groups in total. The molecule has 0 bridgehead atoms. The van der Waals surface area contributed by atoms with E-state index in [1.165, 1.54) is 5.56 Å². The average Bonchev–Trinajstić information content (AvgIpc) is 3.51. The lowest BCUT2D eigenvalue weighted by Crippen LogP contribution is -2.38. The topological polar surface area (TPSA) is 77.0 Å². The third kappa shape index (κ3) is 3.49. The van der Waals surface area contributed by atoms with Crippen LogP contribution >= 0.6 is 11.6 Å². The second-order valence-corrected chi connectivity index (χ2v) is 9.09. The zero-order chi connectivity index (χ0) is 21.6. The Morgan fingerprint density at radius 2 is 1.81 bits per heavy atom. The first-order chi connectivity index (χ1) is 15.0. The molecule has 5 rings (SSSR count). The Bertz CT molecular complexity index is 1110. The van der Waals surface area contributed by atoms with Gasteiger partial charge in [-0.1, -0.05) is 41.9 Å². The van der Waals surface area contributed by atoms with Gasteiger partial charge in [0.15, 0.2) is 5.82 Å². The summed E-state index contributed by atoms with van der Waals surface area (Å²) < 4.78 is 2.08. The van der Waals surface area contributed by atoms with Crippen LogP contribution in [0.25, 0.3) is 11.4 Å². The zero-order valence-corrected chi connectivity index (χ0v) is 18.3. The van der Waals surface area contributed by atoms with E-state index in [1.54, 1.807) is 0 Å². The Hall–Kier alpha value is -2.86. The van der Waals surface area contributed by atoms with E-state index in [2.05, 4.69) is 50.0 Å². The average molecular weight is 436 g/mol. The predicted molar refractivity (Wildman–Crippen MR) is 122 cm³/mol. The molecule has 1 aliphatic carbocycles. The van der Waals surface area contributed by atoms with Gasteiger partial charge in [0, 0.05) is 37.3 Å². The summed E-state index contributed by atoms with van der Waals surface area (Å²) in [5, 5.41) is 9.75. The van der Waals surface area contributed by atoms with E-state index < -0.39 is 0 Å². The lowest BCUT2D eigenvalue weighted by Gasteiger charge is -2.32. The second kappa shape index (κ2) is 7.68. The molecule has 0 atom stereocenters. The van der Waals surface area contributed by atoms with Crippen molar-refractivity contribution in [3.63, 3.8) is 0 Å². The van der Waals surface area contributed by atoms with E-state index >= 15 is 0 Å². The molecule has 0 spiro atoms. The lowest BCUT2D eigenvalue weighted by molar-refractivity contribution is -0.122. The SMILES string of the molecule is Cn1c(-c2ccc(N3CCC(C(N)=O)CC3)cc2Cl)nnc1C1(c2ccccc2)CC1. The summed E-state index contributed by atoms with van der Waals surface area (Å²) in [6.07, 6.45) is 3.72. The molecule has 160 valence electrons. The van der Waals surface area contributed by atoms with E-state index in [1.807, 2.05) is 25.2 Å². The van der Waals surface area contributed by atoms with Gasteiger partial charge in [-0.05, 0) is 49.4 Å². The van der Waals surface area contributed by atoms with Crippen molar-refractivity contribution in [3.8, 4) is 11.4 Å². The Kier molecular flexibility index (Phi) is 4.97. The highest BCUT2D eigenvalue weighted by atomic mass is 35.5. The monoisotopic (exact) mass is 435 g/mol. The van der Waals surface area contributed by atoms with Crippen molar-refractivity contribution in [2.45, 2.75) is 31.1 Å². The number of nitrogens with two attached hydrogens (primary N) is 1. The van der Waals surface area contributed by atoms with Crippen LogP contribution in [0.3, 0.4) is 0 Å². The standard InChI is InChI=1S/C24H26ClN5O/c1-29-22(27-28-23(29)24(11-12-24)17-5-3-2-4-6-17)19-8-7-18(15-20(19)25)30-13-9-16(10-14-30)21(26)31/h2-8,15-16H,9-14H2,1H3,(H2,26,31). The summed E-state index contributed by atoms with van der Waals surface area (Å²) in [5.41, 5.74) is 8.64. The van der Waals surface area contributed by atoms with Gasteiger partial charge >= 0.3 is 0 Å². The number of amides is 1. The van der Waals surface area contributed by atoms with Gasteiger partial charge in [-0.3, -0.25) is 4.79 Å². The molecule has 1 aliphatic heterocycles. The Balaban J connectivity index is 1.40. The minimum Gasteiger partial charge on any atom is -0.371 e. The Labute approximate surface area is 187 Å². The van der Waals surface area contributed by atoms with Crippen molar-refractivity contribution >= 4 is 23.2 Å². The fourth-order valence-electron chi connectivity index (χ4n) is 4.81. The molecule has 7 heteroatoms. The molecule has 1 saturated heterocycles. The quantitative estimate of drug-likeness (QED) is 0.659. The van der Waals surface area contributed by atoms with Crippen LogP contribution < -0.4 is 10.6 Å². The number of aromatic nitrogens is 3. The van der Waals surface area contributed by atoms with Gasteiger partial charge in [0.25, 0.3) is 0 Å². The molecule has 6 nitrogen and oxygen atoms in total. The molecule has 2 aromatic carbocycles. The first-order valence-electron chi connectivity index (χ1n) is 10.8. The molecule has 0 unspecified atom stereocenters. The maximum Gasteiger partial charge on any atom is 0.220 e. The Morgan fingerprint density at radius 1 is 1.10 bits per heavy atom. The molecule has 2 heterocycles. The van der Waals surface area contributed by atoms with Crippen LogP contribution in [0.5, 0.6) is 0 Å². The minimum absolute atomic E-state index is 0.0255. The number of carbonyl (C=O) groups is 1. The number of halogens is 1. The number of hydrogen-bond acceptors (Lipinski definition) is 4. The third-order valence-electron chi connectivity index (χ3n) is 6.84. The van der Waals surface area contributed by atoms with Crippen LogP contribution in [0.1, 0.15) is 37.1 Å². The number of primary amides is 1. The summed E-state index contributed by atoms with van der Waals surface area (Å²) in [6.45, 7) is 1.61. The number of carbonyl (C=O) groups excluding carboxylic acids is 1. The van der Waals surface area contributed by atoms with Gasteiger partial charge in [0.05, 0.1) is 10.4 Å². The van der Waals surface area contributed by atoms with Crippen LogP contribution in [-0.4, -0.2) is 33.8 Å². The number of piperidine rings is 1. The molecular weight excluding hydrogens is 410 g/mol. The Morgan fingerprint density at radius 3 is 2.42 bits per heavy atom. The largest absolute Gasteiger partial charge is 0.371 e. The summed E-state index contributed by atoms with van der Waals surface area (Å²) in [6, 6.07) is 16.6. The van der Waals surface area contributed by atoms with Crippen LogP contribution in [-0.2, 0) is 17.3 Å². The van der Waals surface area contributed by atoms with Crippen LogP contribution in [0.4, 0.5) is 5.69 Å². The normalized spacial score (nSPS) is 18.2. The third-order valence-corrected chi connectivity index (χ3v) is 7.15. The van der Waals surface area contributed by atoms with Crippen LogP contribution in [0.2, 0.25) is 5.02 Å². The number of rotatable bonds is 5. The summed E-state index contributed by atoms with van der Waals surface area (Å²) in [4.78, 5) is 13.7. The van der Waals surface area contributed by atoms with Gasteiger partial charge < -0.3 is 15.2 Å². The van der Waals surface area contributed by atoms with E-state index in [9.17, 15) is 4.79 Å². The second-order valence-electron chi connectivity index (χ2n) is 8.68. The van der Waals surface area contributed by atoms with Gasteiger partial charge in [-0.25, -0.2) is 0 Å². The lowest BCUT2D eigenvalue weighted by atomic mass is 9.95. The van der Waals surface area contributed by atoms with E-state index in [0.717, 1.165) is 61.7 Å². The van der Waals surface area contributed by atoms with Gasteiger partial charge in [-0.15, -0.1) is 10.2 Å². The van der Waals surface area contributed by atoms with Gasteiger partial charge in [0.1, 0.15) is 5.82 Å². The van der Waals surface area contributed by atoms with Crippen molar-refractivity contribution in [1.82, 2.24) is 14.8 Å². The van der Waals surface area contributed by atoms with Crippen molar-refractivity contribution in [2.75, 3.05) is 18.0 Å². The van der Waals surface area contributed by atoms with Crippen LogP contribution in [0, 0.1) is 5.92 Å². The first-order valence-corrected chi connectivity index (χ1v) is 11.2. The molecule has 1 aromatic heterocycles. The summed E-state index contributed by atoms with van der Waals surface area (Å²) in [7, 11) is 2.02. The molecule has 2 fully saturated rings. The number of nitrogens with zero attached hydrogens (tertiary/aromatic N) is 4. The first kappa shape index (κ1) is 20.1. The molecule has 2 aliphatic rings. The number of anilines is 1. The molecule has 31 heavy (non-hydrogen) atoms. The zero-order valence-electron chi connectivity index (χ0n) is 17.6. The van der Waals surface area contributed by atoms with Crippen molar-refractivity contribution < 1.29 is 4.79 Å². The molecule has 1 amide bonds. The summed E-state index contributed by atoms with van der Waals surface area (Å²) in [5.74, 6) is 1.54. The predicted octanol–water partition coefficient (Wildman–Crippen LogP) is 3.92. The summed E-state index contributed by atoms with van der Waals surface area (Å²) >= 11 is 6.71. The highest BCUT2D eigenvalue weighted by molar-refractivity contribution is 6.33. The fourth-order valence-corrected chi connectivity index (χ4v) is 5.07. The highest BCUT2D eigenvalue weighted by Crippen LogP contribution is 2.53. The van der Waals surface area contributed by atoms with Gasteiger partial charge in [0.2, 0.25) is 5.91 Å². The van der Waals surface area contributed by atoms with E-state index in [-0.39, 0.29) is 17.2 Å². The maximum absolute atomic E-state index is 11.4. The van der Waals surface area contributed by atoms with E-state index in [0.29, 0.717) is 5.02 Å². The van der Waals surface area contributed by atoms with Crippen molar-refractivity contribution in [3.05, 3.63) is 64.9 Å². The fraction of sp³-hybridized carbons (Fsp3) is 0.375. The van der Waals surface area contributed by atoms with Crippen molar-refractivity contribution in [1.29, 1.82) is 0 Å². The van der Waals surface area contributed by atoms with Crippen LogP contribution in [0.15, 0.2) is 48.5 Å². The highest BCUT2D eigenvalue weighted by Gasteiger charge is 2.49. The molecule has 0 radical (unpaired) electrons. The van der Waals surface area contributed by atoms with Crippen molar-refractivity contribution in [2.24, 2.45) is 18.7 Å². The molecular formula is C24H26ClN5O. The van der Waals surface area contributed by atoms with E-state index in [4.69, 9.17) is 17.3 Å². The number of benzene rings is 2. The minimum atomic E-state index is -0.199. The van der Waals surface area contributed by atoms with Gasteiger partial charge in [-0.2, -0.15) is 0 Å². The molecule has 1 saturated carbocycles. The smallest absolute Gasteiger partial charge is 0.220 e. The maximum atomic E-state index is 11.4. The molecule has 3 aromatic rings. The number of hydrogen-bond donors (Lipinski definition) is 1.